The molecule has 0 aliphatic carbocycles. The van der Waals surface area contributed by atoms with E-state index in [1.165, 1.54) is 15.6 Å². The highest BCUT2D eigenvalue weighted by Gasteiger charge is 2.27. The summed E-state index contributed by atoms with van der Waals surface area (Å²) in [7, 11) is -3.93. The van der Waals surface area contributed by atoms with Gasteiger partial charge in [-0.2, -0.15) is 4.31 Å². The molecule has 2 rings (SSSR count). The van der Waals surface area contributed by atoms with Gasteiger partial charge in [0, 0.05) is 28.1 Å². The second kappa shape index (κ2) is 6.43. The molecule has 1 aromatic heterocycles. The van der Waals surface area contributed by atoms with Crippen LogP contribution in [0.4, 0.5) is 10.1 Å². The average molecular weight is 393 g/mol. The van der Waals surface area contributed by atoms with Gasteiger partial charge in [-0.3, -0.25) is 0 Å². The number of benzene rings is 1. The fourth-order valence-corrected chi connectivity index (χ4v) is 4.45. The van der Waals surface area contributed by atoms with Gasteiger partial charge >= 0.3 is 0 Å². The third-order valence-corrected chi connectivity index (χ3v) is 6.42. The van der Waals surface area contributed by atoms with Crippen LogP contribution in [0.15, 0.2) is 39.0 Å². The Balaban J connectivity index is 2.42. The standard InChI is InChI=1S/C13H14BrFN2O2S2/c1-2-17(8-9-4-3-5-20-9)21(18,19)13-7-12(16)10(14)6-11(13)15/h3-7H,2,8,16H2,1H3. The molecule has 1 heterocycles. The first-order valence-electron chi connectivity index (χ1n) is 6.13. The van der Waals surface area contributed by atoms with Crippen LogP contribution in [0, 0.1) is 5.82 Å². The zero-order chi connectivity index (χ0) is 15.6. The summed E-state index contributed by atoms with van der Waals surface area (Å²) in [6.07, 6.45) is 0. The van der Waals surface area contributed by atoms with Crippen molar-refractivity contribution in [2.75, 3.05) is 12.3 Å². The maximum absolute atomic E-state index is 14.0. The Hall–Kier alpha value is -0.960. The molecule has 0 aliphatic heterocycles. The second-order valence-electron chi connectivity index (χ2n) is 4.31. The number of nitrogens with two attached hydrogens (primary N) is 1. The average Bonchev–Trinajstić information content (AvgIpc) is 2.92. The fourth-order valence-electron chi connectivity index (χ4n) is 1.82. The molecule has 0 fully saturated rings. The number of halogens is 2. The second-order valence-corrected chi connectivity index (χ2v) is 8.11. The summed E-state index contributed by atoms with van der Waals surface area (Å²) in [5.74, 6) is -0.819. The van der Waals surface area contributed by atoms with Gasteiger partial charge in [-0.15, -0.1) is 11.3 Å². The van der Waals surface area contributed by atoms with Crippen LogP contribution < -0.4 is 5.73 Å². The molecular weight excluding hydrogens is 379 g/mol. The molecule has 0 saturated heterocycles. The van der Waals surface area contributed by atoms with E-state index in [1.807, 2.05) is 17.5 Å². The topological polar surface area (TPSA) is 63.4 Å². The van der Waals surface area contributed by atoms with Gasteiger partial charge in [0.1, 0.15) is 10.7 Å². The molecule has 4 nitrogen and oxygen atoms in total. The Morgan fingerprint density at radius 1 is 1.43 bits per heavy atom. The molecule has 0 aliphatic rings. The van der Waals surface area contributed by atoms with Gasteiger partial charge in [-0.25, -0.2) is 12.8 Å². The van der Waals surface area contributed by atoms with Crippen LogP contribution >= 0.6 is 27.3 Å². The van der Waals surface area contributed by atoms with E-state index in [0.29, 0.717) is 4.47 Å². The first kappa shape index (κ1) is 16.4. The first-order chi connectivity index (χ1) is 9.86. The van der Waals surface area contributed by atoms with Gasteiger partial charge in [-0.1, -0.05) is 13.0 Å². The molecule has 0 amide bonds. The molecule has 114 valence electrons. The highest BCUT2D eigenvalue weighted by atomic mass is 79.9. The van der Waals surface area contributed by atoms with Gasteiger partial charge in [0.05, 0.1) is 0 Å². The summed E-state index contributed by atoms with van der Waals surface area (Å²) in [4.78, 5) is 0.493. The summed E-state index contributed by atoms with van der Waals surface area (Å²) in [5.41, 5.74) is 5.85. The minimum absolute atomic E-state index is 0.183. The zero-order valence-electron chi connectivity index (χ0n) is 11.2. The predicted molar refractivity (Wildman–Crippen MR) is 86.1 cm³/mol. The molecule has 8 heteroatoms. The number of hydrogen-bond donors (Lipinski definition) is 1. The van der Waals surface area contributed by atoms with Gasteiger partial charge in [0.25, 0.3) is 0 Å². The number of nitrogens with zero attached hydrogens (tertiary/aromatic N) is 1. The van der Waals surface area contributed by atoms with Gasteiger partial charge in [0.15, 0.2) is 0 Å². The van der Waals surface area contributed by atoms with Gasteiger partial charge < -0.3 is 5.73 Å². The highest BCUT2D eigenvalue weighted by molar-refractivity contribution is 9.10. The summed E-state index contributed by atoms with van der Waals surface area (Å²) >= 11 is 4.53. The molecule has 21 heavy (non-hydrogen) atoms. The Labute approximate surface area is 135 Å². The van der Waals surface area contributed by atoms with Crippen molar-refractivity contribution < 1.29 is 12.8 Å². The maximum atomic E-state index is 14.0. The number of hydrogen-bond acceptors (Lipinski definition) is 4. The predicted octanol–water partition coefficient (Wildman–Crippen LogP) is 3.44. The Morgan fingerprint density at radius 3 is 2.71 bits per heavy atom. The number of nitrogen functional groups attached to an aromatic ring is 1. The van der Waals surface area contributed by atoms with E-state index in [4.69, 9.17) is 5.73 Å². The van der Waals surface area contributed by atoms with Crippen LogP contribution in [0.3, 0.4) is 0 Å². The van der Waals surface area contributed by atoms with Crippen LogP contribution in [-0.4, -0.2) is 19.3 Å². The van der Waals surface area contributed by atoms with Crippen molar-refractivity contribution in [2.45, 2.75) is 18.4 Å². The quantitative estimate of drug-likeness (QED) is 0.792. The highest BCUT2D eigenvalue weighted by Crippen LogP contribution is 2.29. The minimum Gasteiger partial charge on any atom is -0.398 e. The SMILES string of the molecule is CCN(Cc1cccs1)S(=O)(=O)c1cc(N)c(Br)cc1F. The lowest BCUT2D eigenvalue weighted by Gasteiger charge is -2.20. The smallest absolute Gasteiger partial charge is 0.246 e. The molecule has 2 aromatic rings. The molecular formula is C13H14BrFN2O2S2. The summed E-state index contributed by atoms with van der Waals surface area (Å²) in [5, 5.41) is 1.87. The molecule has 0 unspecified atom stereocenters. The van der Waals surface area contributed by atoms with Gasteiger partial charge in [0.2, 0.25) is 10.0 Å². The number of sulfonamides is 1. The third-order valence-electron chi connectivity index (χ3n) is 2.93. The summed E-state index contributed by atoms with van der Waals surface area (Å²) in [6.45, 7) is 2.17. The van der Waals surface area contributed by atoms with E-state index in [-0.39, 0.29) is 18.8 Å². The molecule has 0 radical (unpaired) electrons. The van der Waals surface area contributed by atoms with Crippen LogP contribution in [-0.2, 0) is 16.6 Å². The monoisotopic (exact) mass is 392 g/mol. The number of thiophene rings is 1. The number of rotatable bonds is 5. The normalized spacial score (nSPS) is 12.0. The van der Waals surface area contributed by atoms with Crippen molar-refractivity contribution in [1.29, 1.82) is 0 Å². The molecule has 0 bridgehead atoms. The van der Waals surface area contributed by atoms with E-state index in [0.717, 1.165) is 17.0 Å². The summed E-state index contributed by atoms with van der Waals surface area (Å²) in [6, 6.07) is 5.90. The van der Waals surface area contributed by atoms with Crippen LogP contribution in [0.25, 0.3) is 0 Å². The van der Waals surface area contributed by atoms with Crippen molar-refractivity contribution in [3.8, 4) is 0 Å². The van der Waals surface area contributed by atoms with E-state index in [1.54, 1.807) is 6.92 Å². The van der Waals surface area contributed by atoms with Crippen LogP contribution in [0.2, 0.25) is 0 Å². The largest absolute Gasteiger partial charge is 0.398 e. The van der Waals surface area contributed by atoms with Crippen molar-refractivity contribution in [3.63, 3.8) is 0 Å². The first-order valence-corrected chi connectivity index (χ1v) is 9.24. The van der Waals surface area contributed by atoms with Crippen molar-refractivity contribution in [1.82, 2.24) is 4.31 Å². The third kappa shape index (κ3) is 3.45. The molecule has 0 atom stereocenters. The van der Waals surface area contributed by atoms with E-state index >= 15 is 0 Å². The lowest BCUT2D eigenvalue weighted by molar-refractivity contribution is 0.422. The lowest BCUT2D eigenvalue weighted by Crippen LogP contribution is -2.30. The summed E-state index contributed by atoms with van der Waals surface area (Å²) < 4.78 is 40.8. The fraction of sp³-hybridized carbons (Fsp3) is 0.231. The minimum atomic E-state index is -3.93. The van der Waals surface area contributed by atoms with Crippen LogP contribution in [0.1, 0.15) is 11.8 Å². The Kier molecular flexibility index (Phi) is 5.03. The van der Waals surface area contributed by atoms with E-state index in [9.17, 15) is 12.8 Å². The van der Waals surface area contributed by atoms with Crippen molar-refractivity contribution >= 4 is 43.0 Å². The molecule has 0 saturated carbocycles. The van der Waals surface area contributed by atoms with E-state index in [2.05, 4.69) is 15.9 Å². The lowest BCUT2D eigenvalue weighted by atomic mass is 10.3. The van der Waals surface area contributed by atoms with E-state index < -0.39 is 20.7 Å². The molecule has 2 N–H and O–H groups in total. The van der Waals surface area contributed by atoms with Gasteiger partial charge in [-0.05, 0) is 39.5 Å². The maximum Gasteiger partial charge on any atom is 0.246 e. The molecule has 1 aromatic carbocycles. The Morgan fingerprint density at radius 2 is 2.14 bits per heavy atom. The van der Waals surface area contributed by atoms with Crippen molar-refractivity contribution in [2.24, 2.45) is 0 Å². The zero-order valence-corrected chi connectivity index (χ0v) is 14.4. The number of anilines is 1. The van der Waals surface area contributed by atoms with Crippen molar-refractivity contribution in [3.05, 3.63) is 44.8 Å². The molecule has 0 spiro atoms. The Bertz CT molecular complexity index is 733. The van der Waals surface area contributed by atoms with Crippen LogP contribution in [0.5, 0.6) is 0 Å².